The van der Waals surface area contributed by atoms with Crippen LogP contribution < -0.4 is 10.1 Å². The molecule has 2 aliphatic rings. The number of anilines is 1. The summed E-state index contributed by atoms with van der Waals surface area (Å²) in [6, 6.07) is 14.6. The first-order chi connectivity index (χ1) is 15.1. The maximum atomic E-state index is 13.2. The molecule has 4 rings (SSSR count). The van der Waals surface area contributed by atoms with Gasteiger partial charge < -0.3 is 14.4 Å². The summed E-state index contributed by atoms with van der Waals surface area (Å²) in [5.74, 6) is 1.85. The maximum Gasteiger partial charge on any atom is 0.411 e. The van der Waals surface area contributed by atoms with Gasteiger partial charge in [-0.15, -0.1) is 0 Å². The fraction of sp³-hybridized carbons (Fsp3) is 0.440. The van der Waals surface area contributed by atoms with Crippen LogP contribution in [0.4, 0.5) is 10.5 Å². The van der Waals surface area contributed by atoms with Crippen molar-refractivity contribution in [2.45, 2.75) is 38.7 Å². The Kier molecular flexibility index (Phi) is 6.75. The Bertz CT molecular complexity index is 915. The second kappa shape index (κ2) is 9.86. The van der Waals surface area contributed by atoms with Gasteiger partial charge in [-0.3, -0.25) is 10.1 Å². The highest BCUT2D eigenvalue weighted by molar-refractivity contribution is 5.98. The van der Waals surface area contributed by atoms with Crippen molar-refractivity contribution >= 4 is 17.7 Å². The van der Waals surface area contributed by atoms with E-state index in [1.165, 1.54) is 32.8 Å². The Morgan fingerprint density at radius 2 is 1.81 bits per heavy atom. The zero-order valence-electron chi connectivity index (χ0n) is 18.0. The van der Waals surface area contributed by atoms with Gasteiger partial charge in [0.2, 0.25) is 0 Å². The molecule has 1 aliphatic carbocycles. The number of rotatable bonds is 5. The third kappa shape index (κ3) is 5.19. The average molecular weight is 423 g/mol. The Morgan fingerprint density at radius 3 is 2.58 bits per heavy atom. The number of fused-ring (bicyclic) bond motifs is 1. The number of methoxy groups -OCH3 is 1. The topological polar surface area (TPSA) is 67.9 Å². The molecule has 2 aromatic carbocycles. The van der Waals surface area contributed by atoms with Gasteiger partial charge in [0.15, 0.2) is 0 Å². The maximum absolute atomic E-state index is 13.2. The molecule has 2 amide bonds. The van der Waals surface area contributed by atoms with Gasteiger partial charge in [0, 0.05) is 24.8 Å². The van der Waals surface area contributed by atoms with Gasteiger partial charge in [0.25, 0.3) is 5.91 Å². The molecule has 2 fully saturated rings. The molecule has 0 unspecified atom stereocenters. The van der Waals surface area contributed by atoms with Crippen LogP contribution in [0, 0.1) is 11.8 Å². The number of benzene rings is 2. The van der Waals surface area contributed by atoms with Crippen LogP contribution in [-0.4, -0.2) is 37.1 Å². The zero-order chi connectivity index (χ0) is 21.6. The molecule has 0 bridgehead atoms. The Morgan fingerprint density at radius 1 is 1.03 bits per heavy atom. The van der Waals surface area contributed by atoms with Crippen LogP contribution in [0.25, 0.3) is 0 Å². The summed E-state index contributed by atoms with van der Waals surface area (Å²) < 4.78 is 10.7. The van der Waals surface area contributed by atoms with Crippen molar-refractivity contribution in [3.05, 3.63) is 59.7 Å². The highest BCUT2D eigenvalue weighted by Crippen LogP contribution is 2.37. The Balaban J connectivity index is 1.38. The summed E-state index contributed by atoms with van der Waals surface area (Å²) >= 11 is 0. The number of hydrogen-bond donors (Lipinski definition) is 1. The number of piperidine rings is 1. The highest BCUT2D eigenvalue weighted by atomic mass is 16.5. The molecular formula is C25H30N2O4. The summed E-state index contributed by atoms with van der Waals surface area (Å²) in [5, 5.41) is 2.70. The molecule has 0 aromatic heterocycles. The summed E-state index contributed by atoms with van der Waals surface area (Å²) in [5.41, 5.74) is 1.97. The molecule has 1 saturated heterocycles. The van der Waals surface area contributed by atoms with Crippen LogP contribution in [0.15, 0.2) is 48.5 Å². The number of carbonyl (C=O) groups excluding carboxylic acids is 2. The monoisotopic (exact) mass is 422 g/mol. The van der Waals surface area contributed by atoms with Crippen LogP contribution in [0.5, 0.6) is 5.75 Å². The molecule has 6 heteroatoms. The van der Waals surface area contributed by atoms with E-state index in [9.17, 15) is 9.59 Å². The molecule has 6 nitrogen and oxygen atoms in total. The highest BCUT2D eigenvalue weighted by Gasteiger charge is 2.33. The third-order valence-electron chi connectivity index (χ3n) is 6.47. The molecule has 1 N–H and O–H groups in total. The number of likely N-dealkylation sites (tertiary alicyclic amines) is 1. The normalized spacial score (nSPS) is 20.5. The first-order valence-corrected chi connectivity index (χ1v) is 11.1. The van der Waals surface area contributed by atoms with E-state index in [1.807, 2.05) is 35.2 Å². The minimum absolute atomic E-state index is 0.000854. The fourth-order valence-corrected chi connectivity index (χ4v) is 4.78. The molecular weight excluding hydrogens is 392 g/mol. The zero-order valence-corrected chi connectivity index (χ0v) is 18.0. The van der Waals surface area contributed by atoms with Crippen LogP contribution in [-0.2, 0) is 11.3 Å². The van der Waals surface area contributed by atoms with Crippen molar-refractivity contribution in [3.63, 3.8) is 0 Å². The molecule has 1 aliphatic heterocycles. The second-order valence-corrected chi connectivity index (χ2v) is 8.45. The SMILES string of the molecule is COc1cc(NC(=O)OCc2ccccc2)ccc1C(=O)N1CC[C@H]2CCCC[C@H]2C1. The van der Waals surface area contributed by atoms with Crippen LogP contribution in [0.1, 0.15) is 48.0 Å². The summed E-state index contributed by atoms with van der Waals surface area (Å²) in [6.07, 6.45) is 5.66. The number of amides is 2. The second-order valence-electron chi connectivity index (χ2n) is 8.45. The van der Waals surface area contributed by atoms with Crippen molar-refractivity contribution in [2.24, 2.45) is 11.8 Å². The quantitative estimate of drug-likeness (QED) is 0.728. The molecule has 1 saturated carbocycles. The van der Waals surface area contributed by atoms with E-state index in [2.05, 4.69) is 5.32 Å². The molecule has 164 valence electrons. The van der Waals surface area contributed by atoms with Crippen molar-refractivity contribution in [1.29, 1.82) is 0 Å². The van der Waals surface area contributed by atoms with Crippen LogP contribution in [0.2, 0.25) is 0 Å². The molecule has 0 radical (unpaired) electrons. The fourth-order valence-electron chi connectivity index (χ4n) is 4.78. The Labute approximate surface area is 183 Å². The number of nitrogens with one attached hydrogen (secondary N) is 1. The lowest BCUT2D eigenvalue weighted by atomic mass is 9.75. The summed E-state index contributed by atoms with van der Waals surface area (Å²) in [6.45, 7) is 1.82. The predicted molar refractivity (Wildman–Crippen MR) is 119 cm³/mol. The van der Waals surface area contributed by atoms with Gasteiger partial charge >= 0.3 is 6.09 Å². The van der Waals surface area contributed by atoms with Crippen molar-refractivity contribution < 1.29 is 19.1 Å². The van der Waals surface area contributed by atoms with Crippen molar-refractivity contribution in [3.8, 4) is 5.75 Å². The first kappa shape index (κ1) is 21.2. The number of carbonyl (C=O) groups is 2. The molecule has 2 atom stereocenters. The van der Waals surface area contributed by atoms with Crippen molar-refractivity contribution in [2.75, 3.05) is 25.5 Å². The number of ether oxygens (including phenoxy) is 2. The number of hydrogen-bond acceptors (Lipinski definition) is 4. The van der Waals surface area contributed by atoms with Gasteiger partial charge in [-0.1, -0.05) is 49.6 Å². The van der Waals surface area contributed by atoms with E-state index >= 15 is 0 Å². The summed E-state index contributed by atoms with van der Waals surface area (Å²) in [7, 11) is 1.54. The minimum Gasteiger partial charge on any atom is -0.496 e. The molecule has 1 heterocycles. The van der Waals surface area contributed by atoms with E-state index < -0.39 is 6.09 Å². The van der Waals surface area contributed by atoms with Gasteiger partial charge in [0.05, 0.1) is 12.7 Å². The predicted octanol–water partition coefficient (Wildman–Crippen LogP) is 5.10. The van der Waals surface area contributed by atoms with E-state index in [1.54, 1.807) is 18.2 Å². The largest absolute Gasteiger partial charge is 0.496 e. The average Bonchev–Trinajstić information content (AvgIpc) is 2.82. The van der Waals surface area contributed by atoms with E-state index in [0.717, 1.165) is 31.0 Å². The van der Waals surface area contributed by atoms with Gasteiger partial charge in [0.1, 0.15) is 12.4 Å². The van der Waals surface area contributed by atoms with E-state index in [0.29, 0.717) is 22.9 Å². The molecule has 2 aromatic rings. The van der Waals surface area contributed by atoms with Gasteiger partial charge in [-0.2, -0.15) is 0 Å². The lowest BCUT2D eigenvalue weighted by Gasteiger charge is -2.41. The molecule has 31 heavy (non-hydrogen) atoms. The minimum atomic E-state index is -0.552. The summed E-state index contributed by atoms with van der Waals surface area (Å²) in [4.78, 5) is 27.3. The lowest BCUT2D eigenvalue weighted by molar-refractivity contribution is 0.0518. The Hall–Kier alpha value is -3.02. The van der Waals surface area contributed by atoms with E-state index in [4.69, 9.17) is 9.47 Å². The lowest BCUT2D eigenvalue weighted by Crippen LogP contribution is -2.44. The number of nitrogens with zero attached hydrogens (tertiary/aromatic N) is 1. The van der Waals surface area contributed by atoms with Crippen LogP contribution in [0.3, 0.4) is 0 Å². The van der Waals surface area contributed by atoms with E-state index in [-0.39, 0.29) is 12.5 Å². The van der Waals surface area contributed by atoms with Gasteiger partial charge in [-0.05, 0) is 42.4 Å². The standard InChI is InChI=1S/C25H30N2O4/c1-30-23-15-21(26-25(29)31-17-18-7-3-2-4-8-18)11-12-22(23)24(28)27-14-13-19-9-5-6-10-20(19)16-27/h2-4,7-8,11-12,15,19-20H,5-6,9-10,13-14,16-17H2,1H3,(H,26,29)/t19-,20+/m1/s1. The van der Waals surface area contributed by atoms with Crippen LogP contribution >= 0.6 is 0 Å². The van der Waals surface area contributed by atoms with Gasteiger partial charge in [-0.25, -0.2) is 4.79 Å². The smallest absolute Gasteiger partial charge is 0.411 e. The van der Waals surface area contributed by atoms with Crippen molar-refractivity contribution in [1.82, 2.24) is 4.90 Å². The third-order valence-corrected chi connectivity index (χ3v) is 6.47. The first-order valence-electron chi connectivity index (χ1n) is 11.1. The molecule has 0 spiro atoms.